The van der Waals surface area contributed by atoms with Crippen LogP contribution in [0.5, 0.6) is 0 Å². The largest absolute Gasteiger partial charge is 0.461 e. The van der Waals surface area contributed by atoms with Gasteiger partial charge in [-0.2, -0.15) is 0 Å². The minimum absolute atomic E-state index is 0.162. The fourth-order valence-corrected chi connectivity index (χ4v) is 9.35. The lowest BCUT2D eigenvalue weighted by atomic mass is 9.80. The minimum atomic E-state index is -0.903. The maximum Gasteiger partial charge on any atom is 0.328 e. The molecule has 7 aromatic rings. The van der Waals surface area contributed by atoms with E-state index in [0.29, 0.717) is 43.4 Å². The highest BCUT2D eigenvalue weighted by atomic mass is 16.5. The van der Waals surface area contributed by atoms with E-state index in [4.69, 9.17) is 14.2 Å². The molecule has 9 heteroatoms. The van der Waals surface area contributed by atoms with Crippen molar-refractivity contribution >= 4 is 29.6 Å². The van der Waals surface area contributed by atoms with Gasteiger partial charge in [-0.3, -0.25) is 20.2 Å². The number of benzene rings is 7. The third-order valence-corrected chi connectivity index (χ3v) is 12.9. The standard InChI is InChI=1S/C63H57N3O6/c1-61(2,3)56-45-47(57-58(67)64-60(69)65-59(57)68)44-55(72-56)39-36-46-34-37-54(38-35-46)66(40-42-70-62(48-22-10-4-11-23-48,49-24-12-5-13-25-49)50-26-14-6-15-27-50)41-43-71-63(51-28-16-7-17-29-51,52-30-18-8-19-31-52)53-32-20-9-21-33-53/h4-39,44-45H,40-43H2,1-3H3,(H2,64,65,67,68,69)/b39-36+. The van der Waals surface area contributed by atoms with Crippen molar-refractivity contribution in [2.75, 3.05) is 31.2 Å². The SMILES string of the molecule is CC(C)(C)C1=CC(=C2C(=O)NC(=O)NC2=O)C=C(/C=C/c2ccc(N(CCOC(c3ccccc3)(c3ccccc3)c3ccccc3)CCOC(c3ccccc3)(c3ccccc3)c3ccccc3)cc2)O1. The van der Waals surface area contributed by atoms with Crippen LogP contribution in [0.3, 0.4) is 0 Å². The van der Waals surface area contributed by atoms with Gasteiger partial charge in [-0.05, 0) is 74.9 Å². The number of carbonyl (C=O) groups is 3. The Kier molecular flexibility index (Phi) is 14.7. The summed E-state index contributed by atoms with van der Waals surface area (Å²) in [4.78, 5) is 39.9. The molecule has 4 amide bonds. The normalized spacial score (nSPS) is 14.3. The molecule has 0 aromatic heterocycles. The number of anilines is 1. The van der Waals surface area contributed by atoms with Crippen molar-refractivity contribution in [3.05, 3.63) is 286 Å². The number of carbonyl (C=O) groups excluding carboxylic acids is 3. The predicted octanol–water partition coefficient (Wildman–Crippen LogP) is 12.0. The molecule has 1 fully saturated rings. The molecule has 7 aromatic carbocycles. The molecule has 0 spiro atoms. The Morgan fingerprint density at radius 1 is 0.472 bits per heavy atom. The molecular formula is C63H57N3O6. The molecular weight excluding hydrogens is 895 g/mol. The quantitative estimate of drug-likeness (QED) is 0.0532. The molecule has 360 valence electrons. The molecule has 2 heterocycles. The Morgan fingerprint density at radius 3 is 1.18 bits per heavy atom. The van der Waals surface area contributed by atoms with Gasteiger partial charge in [-0.1, -0.05) is 221 Å². The van der Waals surface area contributed by atoms with Gasteiger partial charge in [0.05, 0.1) is 13.2 Å². The van der Waals surface area contributed by atoms with Crippen LogP contribution in [0.25, 0.3) is 6.08 Å². The van der Waals surface area contributed by atoms with E-state index in [1.807, 2.05) is 81.5 Å². The van der Waals surface area contributed by atoms with Crippen molar-refractivity contribution in [2.24, 2.45) is 5.41 Å². The fraction of sp³-hybridized carbons (Fsp3) is 0.159. The van der Waals surface area contributed by atoms with E-state index >= 15 is 0 Å². The number of allylic oxidation sites excluding steroid dienone is 5. The third-order valence-electron chi connectivity index (χ3n) is 12.9. The van der Waals surface area contributed by atoms with E-state index in [0.717, 1.165) is 44.6 Å². The highest BCUT2D eigenvalue weighted by molar-refractivity contribution is 6.29. The van der Waals surface area contributed by atoms with Gasteiger partial charge >= 0.3 is 6.03 Å². The Labute approximate surface area is 421 Å². The van der Waals surface area contributed by atoms with Gasteiger partial charge in [0.1, 0.15) is 28.3 Å². The summed E-state index contributed by atoms with van der Waals surface area (Å²) >= 11 is 0. The van der Waals surface area contributed by atoms with Crippen LogP contribution in [0.2, 0.25) is 0 Å². The van der Waals surface area contributed by atoms with Crippen molar-refractivity contribution in [3.8, 4) is 0 Å². The summed E-state index contributed by atoms with van der Waals surface area (Å²) in [5.74, 6) is -0.540. The van der Waals surface area contributed by atoms with Crippen LogP contribution in [-0.2, 0) is 35.0 Å². The van der Waals surface area contributed by atoms with Crippen LogP contribution in [0.1, 0.15) is 59.7 Å². The molecule has 0 radical (unpaired) electrons. The van der Waals surface area contributed by atoms with Crippen LogP contribution in [0, 0.1) is 5.41 Å². The second kappa shape index (κ2) is 21.7. The molecule has 2 aliphatic rings. The van der Waals surface area contributed by atoms with Crippen molar-refractivity contribution in [3.63, 3.8) is 0 Å². The van der Waals surface area contributed by atoms with Crippen molar-refractivity contribution in [1.82, 2.24) is 10.6 Å². The minimum Gasteiger partial charge on any atom is -0.461 e. The Bertz CT molecular complexity index is 2760. The number of hydrogen-bond acceptors (Lipinski definition) is 7. The fourth-order valence-electron chi connectivity index (χ4n) is 9.35. The summed E-state index contributed by atoms with van der Waals surface area (Å²) in [5, 5.41) is 4.35. The molecule has 0 aliphatic carbocycles. The summed E-state index contributed by atoms with van der Waals surface area (Å²) in [5.41, 5.74) is 5.93. The average Bonchev–Trinajstić information content (AvgIpc) is 3.41. The molecule has 9 nitrogen and oxygen atoms in total. The van der Waals surface area contributed by atoms with E-state index in [-0.39, 0.29) is 5.57 Å². The summed E-state index contributed by atoms with van der Waals surface area (Å²) < 4.78 is 21.0. The highest BCUT2D eigenvalue weighted by Gasteiger charge is 2.39. The average molecular weight is 952 g/mol. The van der Waals surface area contributed by atoms with Crippen LogP contribution in [0.15, 0.2) is 247 Å². The molecule has 72 heavy (non-hydrogen) atoms. The van der Waals surface area contributed by atoms with E-state index < -0.39 is 34.5 Å². The maximum atomic E-state index is 12.9. The predicted molar refractivity (Wildman–Crippen MR) is 283 cm³/mol. The van der Waals surface area contributed by atoms with Gasteiger partial charge < -0.3 is 19.1 Å². The van der Waals surface area contributed by atoms with Crippen molar-refractivity contribution in [1.29, 1.82) is 0 Å². The van der Waals surface area contributed by atoms with Gasteiger partial charge in [-0.25, -0.2) is 4.79 Å². The number of nitrogens with one attached hydrogen (secondary N) is 2. The van der Waals surface area contributed by atoms with E-state index in [1.54, 1.807) is 12.2 Å². The Morgan fingerprint density at radius 2 is 0.833 bits per heavy atom. The molecule has 2 N–H and O–H groups in total. The molecule has 2 aliphatic heterocycles. The third kappa shape index (κ3) is 10.5. The summed E-state index contributed by atoms with van der Waals surface area (Å²) in [7, 11) is 0. The lowest BCUT2D eigenvalue weighted by Gasteiger charge is -2.38. The maximum absolute atomic E-state index is 12.9. The van der Waals surface area contributed by atoms with Crippen molar-refractivity contribution < 1.29 is 28.6 Å². The zero-order valence-corrected chi connectivity index (χ0v) is 40.7. The molecule has 1 saturated heterocycles. The lowest BCUT2D eigenvalue weighted by Crippen LogP contribution is -2.51. The number of amides is 4. The van der Waals surface area contributed by atoms with Gasteiger partial charge in [0.25, 0.3) is 11.8 Å². The number of rotatable bonds is 17. The van der Waals surface area contributed by atoms with Gasteiger partial charge in [0.2, 0.25) is 0 Å². The topological polar surface area (TPSA) is 106 Å². The first-order valence-electron chi connectivity index (χ1n) is 24.2. The summed E-state index contributed by atoms with van der Waals surface area (Å²) in [6.45, 7) is 7.71. The monoisotopic (exact) mass is 951 g/mol. The first kappa shape index (κ1) is 48.6. The van der Waals surface area contributed by atoms with Crippen molar-refractivity contribution in [2.45, 2.75) is 32.0 Å². The number of ether oxygens (including phenoxy) is 3. The van der Waals surface area contributed by atoms with Crippen LogP contribution >= 0.6 is 0 Å². The Hall–Kier alpha value is -8.37. The highest BCUT2D eigenvalue weighted by Crippen LogP contribution is 2.42. The summed E-state index contributed by atoms with van der Waals surface area (Å²) in [6.07, 6.45) is 7.04. The van der Waals surface area contributed by atoms with Gasteiger partial charge in [0, 0.05) is 24.2 Å². The second-order valence-corrected chi connectivity index (χ2v) is 18.6. The van der Waals surface area contributed by atoms with E-state index in [1.165, 1.54) is 0 Å². The van der Waals surface area contributed by atoms with Gasteiger partial charge in [0.15, 0.2) is 0 Å². The second-order valence-electron chi connectivity index (χ2n) is 18.6. The molecule has 0 atom stereocenters. The van der Waals surface area contributed by atoms with Crippen LogP contribution in [-0.4, -0.2) is 44.1 Å². The number of hydrogen-bond donors (Lipinski definition) is 2. The number of barbiturate groups is 1. The zero-order valence-electron chi connectivity index (χ0n) is 40.7. The molecule has 0 saturated carbocycles. The van der Waals surface area contributed by atoms with Gasteiger partial charge in [-0.15, -0.1) is 0 Å². The molecule has 9 rings (SSSR count). The zero-order chi connectivity index (χ0) is 50.0. The first-order chi connectivity index (χ1) is 35.0. The number of nitrogens with zero attached hydrogens (tertiary/aromatic N) is 1. The smallest absolute Gasteiger partial charge is 0.328 e. The van der Waals surface area contributed by atoms with Crippen LogP contribution in [0.4, 0.5) is 10.5 Å². The first-order valence-corrected chi connectivity index (χ1v) is 24.2. The number of urea groups is 1. The van der Waals surface area contributed by atoms with E-state index in [2.05, 4.69) is 173 Å². The van der Waals surface area contributed by atoms with Crippen LogP contribution < -0.4 is 15.5 Å². The number of imide groups is 2. The molecule has 0 bridgehead atoms. The summed E-state index contributed by atoms with van der Waals surface area (Å²) in [6, 6.07) is 69.8. The molecule has 0 unspecified atom stereocenters. The lowest BCUT2D eigenvalue weighted by molar-refractivity contribution is -0.124. The van der Waals surface area contributed by atoms with E-state index in [9.17, 15) is 14.4 Å². The Balaban J connectivity index is 1.05.